The summed E-state index contributed by atoms with van der Waals surface area (Å²) in [7, 11) is 1.72. The van der Waals surface area contributed by atoms with Gasteiger partial charge >= 0.3 is 0 Å². The molecule has 0 aromatic rings. The number of hydrogen-bond donors (Lipinski definition) is 2. The highest BCUT2D eigenvalue weighted by Gasteiger charge is 1.82. The van der Waals surface area contributed by atoms with Crippen LogP contribution in [0, 0.1) is 0 Å². The fourth-order valence-electron chi connectivity index (χ4n) is 0.498. The van der Waals surface area contributed by atoms with Gasteiger partial charge in [0.2, 0.25) is 0 Å². The topological polar surface area (TPSA) is 44.6 Å². The fourth-order valence-corrected chi connectivity index (χ4v) is 0.498. The quantitative estimate of drug-likeness (QED) is 0.550. The predicted molar refractivity (Wildman–Crippen MR) is 43.3 cm³/mol. The van der Waals surface area contributed by atoms with Crippen molar-refractivity contribution in [2.24, 2.45) is 4.99 Å². The fraction of sp³-hybridized carbons (Fsp3) is 0.571. The number of hydrogen-bond acceptors (Lipinski definition) is 3. The predicted octanol–water partition coefficient (Wildman–Crippen LogP) is 0.173. The minimum Gasteiger partial charge on any atom is -0.395 e. The Hall–Kier alpha value is -0.830. The van der Waals surface area contributed by atoms with Gasteiger partial charge in [-0.3, -0.25) is 4.99 Å². The Morgan fingerprint density at radius 1 is 1.70 bits per heavy atom. The highest BCUT2D eigenvalue weighted by molar-refractivity contribution is 5.71. The van der Waals surface area contributed by atoms with Crippen LogP contribution in [0.4, 0.5) is 0 Å². The van der Waals surface area contributed by atoms with Gasteiger partial charge in [-0.25, -0.2) is 0 Å². The van der Waals surface area contributed by atoms with Crippen LogP contribution >= 0.6 is 0 Å². The summed E-state index contributed by atoms with van der Waals surface area (Å²) in [6.07, 6.45) is 3.56. The Bertz CT molecular complexity index is 130. The average Bonchev–Trinajstić information content (AvgIpc) is 1.97. The second-order valence-corrected chi connectivity index (χ2v) is 1.91. The Labute approximate surface area is 61.5 Å². The summed E-state index contributed by atoms with van der Waals surface area (Å²) in [6, 6.07) is 0. The number of rotatable bonds is 4. The van der Waals surface area contributed by atoms with Gasteiger partial charge < -0.3 is 10.4 Å². The third kappa shape index (κ3) is 5.31. The van der Waals surface area contributed by atoms with Crippen molar-refractivity contribution in [3.8, 4) is 0 Å². The number of allylic oxidation sites excluding steroid dienone is 2. The highest BCUT2D eigenvalue weighted by atomic mass is 16.3. The van der Waals surface area contributed by atoms with Crippen LogP contribution in [-0.2, 0) is 0 Å². The van der Waals surface area contributed by atoms with Crippen LogP contribution in [0.5, 0.6) is 0 Å². The maximum Gasteiger partial charge on any atom is 0.0603 e. The third-order valence-electron chi connectivity index (χ3n) is 0.989. The van der Waals surface area contributed by atoms with E-state index in [1.807, 2.05) is 13.0 Å². The first-order chi connectivity index (χ1) is 4.81. The monoisotopic (exact) mass is 142 g/mol. The molecule has 0 aromatic heterocycles. The van der Waals surface area contributed by atoms with E-state index in [4.69, 9.17) is 5.11 Å². The normalized spacial score (nSPS) is 12.5. The van der Waals surface area contributed by atoms with E-state index in [2.05, 4.69) is 10.3 Å². The smallest absolute Gasteiger partial charge is 0.0603 e. The van der Waals surface area contributed by atoms with Crippen molar-refractivity contribution >= 4 is 6.21 Å². The van der Waals surface area contributed by atoms with Gasteiger partial charge in [0, 0.05) is 25.5 Å². The molecule has 0 aromatic carbocycles. The second kappa shape index (κ2) is 6.29. The Morgan fingerprint density at radius 3 is 2.90 bits per heavy atom. The van der Waals surface area contributed by atoms with Crippen LogP contribution in [0.2, 0.25) is 0 Å². The molecule has 58 valence electrons. The van der Waals surface area contributed by atoms with E-state index >= 15 is 0 Å². The van der Waals surface area contributed by atoms with Gasteiger partial charge in [0.05, 0.1) is 6.61 Å². The van der Waals surface area contributed by atoms with E-state index in [9.17, 15) is 0 Å². The molecular weight excluding hydrogens is 128 g/mol. The molecule has 0 radical (unpaired) electrons. The summed E-state index contributed by atoms with van der Waals surface area (Å²) in [5.41, 5.74) is 1.01. The first kappa shape index (κ1) is 9.17. The molecule has 0 atom stereocenters. The van der Waals surface area contributed by atoms with Gasteiger partial charge in [-0.2, -0.15) is 0 Å². The van der Waals surface area contributed by atoms with Crippen molar-refractivity contribution in [3.63, 3.8) is 0 Å². The lowest BCUT2D eigenvalue weighted by Crippen LogP contribution is -2.15. The lowest BCUT2D eigenvalue weighted by Gasteiger charge is -2.00. The molecule has 0 fully saturated rings. The van der Waals surface area contributed by atoms with Crippen molar-refractivity contribution in [2.75, 3.05) is 20.2 Å². The third-order valence-corrected chi connectivity index (χ3v) is 0.989. The van der Waals surface area contributed by atoms with Crippen molar-refractivity contribution in [2.45, 2.75) is 6.92 Å². The molecule has 0 bridgehead atoms. The van der Waals surface area contributed by atoms with Crippen molar-refractivity contribution in [3.05, 3.63) is 11.8 Å². The van der Waals surface area contributed by atoms with Crippen LogP contribution in [-0.4, -0.2) is 31.5 Å². The van der Waals surface area contributed by atoms with Gasteiger partial charge in [0.15, 0.2) is 0 Å². The standard InChI is InChI=1S/C7H14N2O/c1-7(3-4-8-2)9-5-6-10/h3-4,9-10H,5-6H2,1-2H3/b7-3+,8-4-. The summed E-state index contributed by atoms with van der Waals surface area (Å²) in [4.78, 5) is 3.78. The minimum atomic E-state index is 0.161. The van der Waals surface area contributed by atoms with Crippen molar-refractivity contribution < 1.29 is 5.11 Å². The Balaban J connectivity index is 3.49. The van der Waals surface area contributed by atoms with Crippen LogP contribution in [0.15, 0.2) is 16.8 Å². The maximum atomic E-state index is 8.42. The van der Waals surface area contributed by atoms with Crippen LogP contribution in [0.25, 0.3) is 0 Å². The summed E-state index contributed by atoms with van der Waals surface area (Å²) in [5.74, 6) is 0. The van der Waals surface area contributed by atoms with E-state index in [1.165, 1.54) is 0 Å². The molecular formula is C7H14N2O. The first-order valence-corrected chi connectivity index (χ1v) is 3.25. The zero-order valence-electron chi connectivity index (χ0n) is 6.46. The average molecular weight is 142 g/mol. The molecule has 0 aliphatic heterocycles. The number of nitrogens with zero attached hydrogens (tertiary/aromatic N) is 1. The molecule has 0 saturated carbocycles. The van der Waals surface area contributed by atoms with E-state index in [0.29, 0.717) is 6.54 Å². The maximum absolute atomic E-state index is 8.42. The zero-order valence-corrected chi connectivity index (χ0v) is 6.46. The minimum absolute atomic E-state index is 0.161. The lowest BCUT2D eigenvalue weighted by molar-refractivity contribution is 0.297. The molecule has 0 spiro atoms. The molecule has 10 heavy (non-hydrogen) atoms. The summed E-state index contributed by atoms with van der Waals surface area (Å²) in [5, 5.41) is 11.4. The second-order valence-electron chi connectivity index (χ2n) is 1.91. The van der Waals surface area contributed by atoms with Crippen molar-refractivity contribution in [1.82, 2.24) is 5.32 Å². The Kier molecular flexibility index (Phi) is 5.77. The molecule has 2 N–H and O–H groups in total. The molecule has 0 unspecified atom stereocenters. The molecule has 3 heteroatoms. The van der Waals surface area contributed by atoms with Crippen LogP contribution in [0.3, 0.4) is 0 Å². The van der Waals surface area contributed by atoms with E-state index < -0.39 is 0 Å². The van der Waals surface area contributed by atoms with Crippen LogP contribution < -0.4 is 5.32 Å². The number of aliphatic hydroxyl groups excluding tert-OH is 1. The number of aliphatic imine (C=N–C) groups is 1. The van der Waals surface area contributed by atoms with Gasteiger partial charge in [0.1, 0.15) is 0 Å². The van der Waals surface area contributed by atoms with Gasteiger partial charge in [-0.05, 0) is 13.0 Å². The Morgan fingerprint density at radius 2 is 2.40 bits per heavy atom. The SMILES string of the molecule is C/N=C\C=C(/C)NCCO. The van der Waals surface area contributed by atoms with Gasteiger partial charge in [0.25, 0.3) is 0 Å². The van der Waals surface area contributed by atoms with Gasteiger partial charge in [-0.15, -0.1) is 0 Å². The van der Waals surface area contributed by atoms with Crippen LogP contribution in [0.1, 0.15) is 6.92 Å². The summed E-state index contributed by atoms with van der Waals surface area (Å²) in [6.45, 7) is 2.69. The molecule has 0 aliphatic rings. The molecule has 0 aliphatic carbocycles. The largest absolute Gasteiger partial charge is 0.395 e. The zero-order chi connectivity index (χ0) is 7.82. The van der Waals surface area contributed by atoms with Crippen molar-refractivity contribution in [1.29, 1.82) is 0 Å². The molecule has 0 rings (SSSR count). The first-order valence-electron chi connectivity index (χ1n) is 3.25. The number of nitrogens with one attached hydrogen (secondary N) is 1. The molecule has 0 amide bonds. The number of aliphatic hydroxyl groups is 1. The molecule has 0 heterocycles. The summed E-state index contributed by atoms with van der Waals surface area (Å²) >= 11 is 0. The lowest BCUT2D eigenvalue weighted by atomic mass is 10.4. The summed E-state index contributed by atoms with van der Waals surface area (Å²) < 4.78 is 0. The van der Waals surface area contributed by atoms with Gasteiger partial charge in [-0.1, -0.05) is 0 Å². The molecule has 3 nitrogen and oxygen atoms in total. The highest BCUT2D eigenvalue weighted by Crippen LogP contribution is 1.81. The van der Waals surface area contributed by atoms with E-state index in [0.717, 1.165) is 5.70 Å². The molecule has 0 saturated heterocycles. The van der Waals surface area contributed by atoms with E-state index in [1.54, 1.807) is 13.3 Å². The van der Waals surface area contributed by atoms with E-state index in [-0.39, 0.29) is 6.61 Å².